The second-order valence-electron chi connectivity index (χ2n) is 6.80. The van der Waals surface area contributed by atoms with Gasteiger partial charge in [0.1, 0.15) is 6.20 Å². The van der Waals surface area contributed by atoms with Crippen LogP contribution in [0.5, 0.6) is 0 Å². The van der Waals surface area contributed by atoms with Gasteiger partial charge in [0.15, 0.2) is 18.2 Å². The Balaban J connectivity index is 1.53. The van der Waals surface area contributed by atoms with Crippen LogP contribution in [0.25, 0.3) is 11.3 Å². The van der Waals surface area contributed by atoms with Crippen molar-refractivity contribution in [3.63, 3.8) is 0 Å². The zero-order valence-electron chi connectivity index (χ0n) is 16.7. The van der Waals surface area contributed by atoms with E-state index in [4.69, 9.17) is 9.26 Å². The van der Waals surface area contributed by atoms with Crippen molar-refractivity contribution in [1.82, 2.24) is 14.8 Å². The lowest BCUT2D eigenvalue weighted by Crippen LogP contribution is -2.53. The summed E-state index contributed by atoms with van der Waals surface area (Å²) in [5, 5.41) is 6.55. The largest absolute Gasteiger partial charge is 0.355 e. The summed E-state index contributed by atoms with van der Waals surface area (Å²) >= 11 is -2.26. The molecule has 1 aromatic heterocycles. The van der Waals surface area contributed by atoms with E-state index in [0.717, 1.165) is 5.56 Å². The number of benzene rings is 1. The predicted octanol–water partition coefficient (Wildman–Crippen LogP) is 1.79. The minimum absolute atomic E-state index is 0.149. The maximum absolute atomic E-state index is 12.3. The first-order chi connectivity index (χ1) is 14.4. The number of rotatable bonds is 9. The Bertz CT molecular complexity index is 961. The van der Waals surface area contributed by atoms with E-state index in [-0.39, 0.29) is 35.9 Å². The number of amides is 1. The van der Waals surface area contributed by atoms with Gasteiger partial charge in [-0.3, -0.25) is 9.35 Å². The van der Waals surface area contributed by atoms with E-state index >= 15 is 0 Å². The molecule has 3 rings (SSSR count). The van der Waals surface area contributed by atoms with Crippen LogP contribution < -0.4 is 5.32 Å². The number of aromatic nitrogens is 1. The normalized spacial score (nSPS) is 18.8. The third kappa shape index (κ3) is 5.00. The van der Waals surface area contributed by atoms with E-state index in [1.807, 2.05) is 37.4 Å². The van der Waals surface area contributed by atoms with Crippen LogP contribution in [0.3, 0.4) is 0 Å². The first-order valence-corrected chi connectivity index (χ1v) is 10.3. The second kappa shape index (κ2) is 9.76. The highest BCUT2D eigenvalue weighted by Gasteiger charge is 2.37. The summed E-state index contributed by atoms with van der Waals surface area (Å²) in [6.45, 7) is 0.778. The van der Waals surface area contributed by atoms with Gasteiger partial charge in [0.05, 0.1) is 13.2 Å². The van der Waals surface area contributed by atoms with Gasteiger partial charge in [0, 0.05) is 31.8 Å². The molecule has 1 aromatic carbocycles. The number of nitrogens with zero attached hydrogens (tertiary/aromatic N) is 4. The van der Waals surface area contributed by atoms with E-state index in [1.165, 1.54) is 4.31 Å². The molecule has 2 aromatic rings. The number of methoxy groups -OCH3 is 1. The molecule has 0 fully saturated rings. The third-order valence-electron chi connectivity index (χ3n) is 4.48. The van der Waals surface area contributed by atoms with Crippen molar-refractivity contribution < 1.29 is 27.3 Å². The molecule has 0 saturated heterocycles. The van der Waals surface area contributed by atoms with E-state index in [0.29, 0.717) is 18.1 Å². The highest BCUT2D eigenvalue weighted by atomic mass is 32.2. The molecule has 0 saturated carbocycles. The number of nitrogens with one attached hydrogen (secondary N) is 1. The number of guanidine groups is 1. The molecule has 2 N–H and O–H groups in total. The van der Waals surface area contributed by atoms with Crippen LogP contribution in [0.15, 0.2) is 58.3 Å². The molecule has 10 nitrogen and oxygen atoms in total. The summed E-state index contributed by atoms with van der Waals surface area (Å²) in [5.74, 6) is 0.523. The average Bonchev–Trinajstić information content (AvgIpc) is 3.36. The Morgan fingerprint density at radius 1 is 1.37 bits per heavy atom. The van der Waals surface area contributed by atoms with Gasteiger partial charge in [-0.15, -0.1) is 0 Å². The summed E-state index contributed by atoms with van der Waals surface area (Å²) in [6.07, 6.45) is 3.77. The van der Waals surface area contributed by atoms with Gasteiger partial charge >= 0.3 is 5.96 Å². The smallest absolute Gasteiger partial charge is 0.325 e. The maximum atomic E-state index is 12.3. The van der Waals surface area contributed by atoms with Crippen molar-refractivity contribution in [2.75, 3.05) is 34.0 Å². The summed E-state index contributed by atoms with van der Waals surface area (Å²) in [5.41, 5.74) is 0.999. The molecule has 0 spiro atoms. The van der Waals surface area contributed by atoms with E-state index in [9.17, 15) is 13.6 Å². The Labute approximate surface area is 176 Å². The van der Waals surface area contributed by atoms with Crippen LogP contribution in [-0.4, -0.2) is 68.6 Å². The number of carbonyl (C=O) groups excluding carboxylic acids is 1. The lowest BCUT2D eigenvalue weighted by atomic mass is 10.1. The van der Waals surface area contributed by atoms with Gasteiger partial charge in [-0.2, -0.15) is 4.99 Å². The fraction of sp³-hybridized carbons (Fsp3) is 0.316. The van der Waals surface area contributed by atoms with Gasteiger partial charge in [-0.25, -0.2) is 13.0 Å². The van der Waals surface area contributed by atoms with E-state index in [1.54, 1.807) is 25.6 Å². The summed E-state index contributed by atoms with van der Waals surface area (Å²) < 4.78 is 33.4. The first kappa shape index (κ1) is 21.8. The molecule has 11 heteroatoms. The molecular weight excluding hydrogens is 410 g/mol. The Kier molecular flexibility index (Phi) is 7.11. The first-order valence-electron chi connectivity index (χ1n) is 9.23. The van der Waals surface area contributed by atoms with E-state index in [2.05, 4.69) is 15.5 Å². The molecule has 2 heterocycles. The van der Waals surface area contributed by atoms with Crippen molar-refractivity contribution in [2.24, 2.45) is 4.99 Å². The number of carbonyl (C=O) groups is 1. The lowest BCUT2D eigenvalue weighted by Gasteiger charge is -2.30. The summed E-state index contributed by atoms with van der Waals surface area (Å²) in [4.78, 5) is 16.5. The molecule has 0 bridgehead atoms. The summed E-state index contributed by atoms with van der Waals surface area (Å²) in [7, 11) is 3.37. The minimum atomic E-state index is -2.26. The van der Waals surface area contributed by atoms with Crippen LogP contribution in [0.1, 0.15) is 16.9 Å². The molecule has 1 amide bonds. The fourth-order valence-electron chi connectivity index (χ4n) is 3.02. The molecular formula is C19H24N5O5S+. The van der Waals surface area contributed by atoms with Gasteiger partial charge in [0.25, 0.3) is 17.2 Å². The molecule has 1 aliphatic heterocycles. The SMILES string of the molecule is COC[N+]1(C)C=CN=C1N(CCCNC(=O)c1cc(-c2ccccc2)on1)S(=O)O. The molecule has 1 aliphatic rings. The van der Waals surface area contributed by atoms with Crippen molar-refractivity contribution >= 4 is 23.1 Å². The molecule has 30 heavy (non-hydrogen) atoms. The third-order valence-corrected chi connectivity index (χ3v) is 5.20. The predicted molar refractivity (Wildman–Crippen MR) is 111 cm³/mol. The number of ether oxygens (including phenoxy) is 1. The minimum Gasteiger partial charge on any atom is -0.355 e. The Hall–Kier alpha value is -2.86. The van der Waals surface area contributed by atoms with Gasteiger partial charge in [-0.1, -0.05) is 35.5 Å². The highest BCUT2D eigenvalue weighted by molar-refractivity contribution is 7.77. The van der Waals surface area contributed by atoms with Gasteiger partial charge in [0.2, 0.25) is 0 Å². The molecule has 2 unspecified atom stereocenters. The van der Waals surface area contributed by atoms with Crippen molar-refractivity contribution in [3.8, 4) is 11.3 Å². The standard InChI is InChI=1S/C19H23N5O5S/c1-24(14-28-2)12-10-21-19(24)23(30(26)27)11-6-9-20-18(25)16-13-17(29-22-16)15-7-4-3-5-8-15/h3-5,7-8,10,12-13H,6,9,11,14H2,1-2H3,(H-,20,25,26,27)/p+1. The molecule has 2 atom stereocenters. The van der Waals surface area contributed by atoms with Crippen molar-refractivity contribution in [1.29, 1.82) is 0 Å². The van der Waals surface area contributed by atoms with Crippen LogP contribution in [0.2, 0.25) is 0 Å². The average molecular weight is 434 g/mol. The highest BCUT2D eigenvalue weighted by Crippen LogP contribution is 2.20. The lowest BCUT2D eigenvalue weighted by molar-refractivity contribution is -0.792. The molecule has 0 radical (unpaired) electrons. The number of hydrogen-bond acceptors (Lipinski definition) is 6. The Morgan fingerprint density at radius 2 is 2.13 bits per heavy atom. The van der Waals surface area contributed by atoms with Gasteiger partial charge < -0.3 is 14.6 Å². The van der Waals surface area contributed by atoms with Crippen LogP contribution in [0.4, 0.5) is 0 Å². The van der Waals surface area contributed by atoms with Crippen molar-refractivity contribution in [2.45, 2.75) is 6.42 Å². The molecule has 0 aliphatic carbocycles. The van der Waals surface area contributed by atoms with Crippen LogP contribution in [-0.2, 0) is 16.0 Å². The number of hydrogen-bond donors (Lipinski definition) is 2. The monoisotopic (exact) mass is 434 g/mol. The fourth-order valence-corrected chi connectivity index (χ4v) is 3.68. The topological polar surface area (TPSA) is 117 Å². The summed E-state index contributed by atoms with van der Waals surface area (Å²) in [6, 6.07) is 10.9. The zero-order chi connectivity index (χ0) is 21.6. The zero-order valence-corrected chi connectivity index (χ0v) is 17.5. The number of quaternary nitrogens is 1. The molecule has 160 valence electrons. The quantitative estimate of drug-likeness (QED) is 0.353. The van der Waals surface area contributed by atoms with Crippen molar-refractivity contribution in [3.05, 3.63) is 54.5 Å². The number of aliphatic imine (C=N–C) groups is 1. The van der Waals surface area contributed by atoms with Crippen LogP contribution in [0, 0.1) is 0 Å². The maximum Gasteiger partial charge on any atom is 0.325 e. The Morgan fingerprint density at radius 3 is 2.83 bits per heavy atom. The van der Waals surface area contributed by atoms with Crippen LogP contribution >= 0.6 is 0 Å². The second-order valence-corrected chi connectivity index (χ2v) is 7.70. The van der Waals surface area contributed by atoms with E-state index < -0.39 is 11.3 Å². The van der Waals surface area contributed by atoms with Gasteiger partial charge in [-0.05, 0) is 6.42 Å².